The number of aromatic nitrogens is 2. The summed E-state index contributed by atoms with van der Waals surface area (Å²) in [6.07, 6.45) is 0. The van der Waals surface area contributed by atoms with Gasteiger partial charge < -0.3 is 4.72 Å². The van der Waals surface area contributed by atoms with Crippen molar-refractivity contribution < 1.29 is 27.9 Å². The predicted octanol–water partition coefficient (Wildman–Crippen LogP) is 5.84. The van der Waals surface area contributed by atoms with Gasteiger partial charge >= 0.3 is 0 Å². The number of sulfonamides is 1. The second kappa shape index (κ2) is 8.54. The second-order valence-corrected chi connectivity index (χ2v) is 8.42. The molecule has 5 aromatic rings. The Hall–Kier alpha value is -3.15. The third-order valence-electron chi connectivity index (χ3n) is 4.83. The molecule has 0 radical (unpaired) electrons. The maximum absolute atomic E-state index is 12.9. The summed E-state index contributed by atoms with van der Waals surface area (Å²) in [6.45, 7) is 0. The van der Waals surface area contributed by atoms with Crippen LogP contribution in [0.1, 0.15) is 0 Å². The van der Waals surface area contributed by atoms with Crippen LogP contribution in [-0.2, 0) is 29.5 Å². The van der Waals surface area contributed by atoms with Gasteiger partial charge in [0.05, 0.1) is 27.0 Å². The van der Waals surface area contributed by atoms with Crippen molar-refractivity contribution in [1.82, 2.24) is 9.97 Å². The molecule has 0 unspecified atom stereocenters. The minimum atomic E-state index is -3.90. The Balaban J connectivity index is 0.00000231. The first-order chi connectivity index (χ1) is 14.6. The van der Waals surface area contributed by atoms with Crippen LogP contribution in [-0.4, -0.2) is 18.4 Å². The van der Waals surface area contributed by atoms with Crippen molar-refractivity contribution in [2.45, 2.75) is 4.90 Å². The standard InChI is InChI=1S/C24H16N3O2S.Zn/c28-30(29,19-15-13-18(14-16-19)17-7-2-1-3-8-17)27-23-12-6-11-22-24(23)26-21-10-5-4-9-20(21)25-22;/h1-16H;/q-1;. The molecule has 5 nitrogen and oxygen atoms in total. The normalized spacial score (nSPS) is 11.2. The molecule has 0 amide bonds. The Morgan fingerprint density at radius 1 is 0.581 bits per heavy atom. The van der Waals surface area contributed by atoms with Crippen LogP contribution in [0.25, 0.3) is 37.9 Å². The van der Waals surface area contributed by atoms with E-state index in [-0.39, 0.29) is 30.1 Å². The van der Waals surface area contributed by atoms with Crippen LogP contribution in [0, 0.1) is 0 Å². The largest absolute Gasteiger partial charge is 0.571 e. The van der Waals surface area contributed by atoms with E-state index in [4.69, 9.17) is 0 Å². The fourth-order valence-corrected chi connectivity index (χ4v) is 4.33. The molecule has 1 aromatic heterocycles. The molecule has 4 aromatic carbocycles. The molecular weight excluding hydrogens is 460 g/mol. The van der Waals surface area contributed by atoms with E-state index in [0.29, 0.717) is 16.6 Å². The minimum Gasteiger partial charge on any atom is -0.571 e. The molecular formula is C24H16N3O2SZn-. The molecule has 0 aliphatic rings. The number of nitrogens with zero attached hydrogens (tertiary/aromatic N) is 3. The van der Waals surface area contributed by atoms with Gasteiger partial charge in [0.1, 0.15) is 10.0 Å². The van der Waals surface area contributed by atoms with Crippen molar-refractivity contribution in [3.8, 4) is 11.1 Å². The van der Waals surface area contributed by atoms with Gasteiger partial charge in [-0.05, 0) is 41.5 Å². The molecule has 0 bridgehead atoms. The smallest absolute Gasteiger partial charge is 0.123 e. The SMILES string of the molecule is O=S(=O)([N-]c1cccc2nc3ccccc3nc12)c1ccc(-c2ccccc2)cc1.[Zn]. The first kappa shape index (κ1) is 21.1. The predicted molar refractivity (Wildman–Crippen MR) is 119 cm³/mol. The number of rotatable bonds is 4. The van der Waals surface area contributed by atoms with Gasteiger partial charge in [0.2, 0.25) is 0 Å². The van der Waals surface area contributed by atoms with Gasteiger partial charge in [0, 0.05) is 19.5 Å². The number of fused-ring (bicyclic) bond motifs is 2. The van der Waals surface area contributed by atoms with Gasteiger partial charge in [-0.1, -0.05) is 72.4 Å². The van der Waals surface area contributed by atoms with Crippen molar-refractivity contribution in [3.05, 3.63) is 102 Å². The summed E-state index contributed by atoms with van der Waals surface area (Å²) in [7, 11) is -3.90. The van der Waals surface area contributed by atoms with Gasteiger partial charge in [0.15, 0.2) is 0 Å². The van der Waals surface area contributed by atoms with Crippen LogP contribution in [0.3, 0.4) is 0 Å². The second-order valence-electron chi connectivity index (χ2n) is 6.81. The number of para-hydroxylation sites is 3. The zero-order chi connectivity index (χ0) is 20.6. The molecule has 0 saturated carbocycles. The van der Waals surface area contributed by atoms with Gasteiger partial charge in [-0.25, -0.2) is 18.4 Å². The van der Waals surface area contributed by atoms with E-state index in [1.807, 2.05) is 54.6 Å². The average Bonchev–Trinajstić information content (AvgIpc) is 2.78. The number of benzene rings is 4. The molecule has 0 fully saturated rings. The van der Waals surface area contributed by atoms with Gasteiger partial charge in [-0.3, -0.25) is 0 Å². The topological polar surface area (TPSA) is 74.0 Å². The van der Waals surface area contributed by atoms with Crippen LogP contribution < -0.4 is 0 Å². The van der Waals surface area contributed by atoms with Crippen LogP contribution in [0.5, 0.6) is 0 Å². The van der Waals surface area contributed by atoms with Crippen LogP contribution >= 0.6 is 0 Å². The summed E-state index contributed by atoms with van der Waals surface area (Å²) in [6, 6.07) is 29.2. The first-order valence-corrected chi connectivity index (χ1v) is 10.8. The zero-order valence-corrected chi connectivity index (χ0v) is 20.3. The summed E-state index contributed by atoms with van der Waals surface area (Å²) < 4.78 is 30.0. The molecule has 148 valence electrons. The van der Waals surface area contributed by atoms with E-state index in [2.05, 4.69) is 14.7 Å². The molecule has 1 heterocycles. The molecule has 0 spiro atoms. The molecule has 0 saturated heterocycles. The molecule has 0 aliphatic carbocycles. The van der Waals surface area contributed by atoms with E-state index in [0.717, 1.165) is 16.6 Å². The van der Waals surface area contributed by atoms with Gasteiger partial charge in [0.25, 0.3) is 0 Å². The Morgan fingerprint density at radius 2 is 1.16 bits per heavy atom. The van der Waals surface area contributed by atoms with E-state index >= 15 is 0 Å². The Bertz CT molecular complexity index is 1470. The van der Waals surface area contributed by atoms with Gasteiger partial charge in [-0.15, -0.1) is 0 Å². The van der Waals surface area contributed by atoms with E-state index in [9.17, 15) is 8.42 Å². The van der Waals surface area contributed by atoms with Crippen LogP contribution in [0.4, 0.5) is 5.69 Å². The third-order valence-corrected chi connectivity index (χ3v) is 6.13. The number of hydrogen-bond donors (Lipinski definition) is 0. The molecule has 31 heavy (non-hydrogen) atoms. The van der Waals surface area contributed by atoms with E-state index < -0.39 is 10.0 Å². The summed E-state index contributed by atoms with van der Waals surface area (Å²) in [4.78, 5) is 9.29. The molecule has 0 atom stereocenters. The van der Waals surface area contributed by atoms with Crippen molar-refractivity contribution in [1.29, 1.82) is 0 Å². The fraction of sp³-hybridized carbons (Fsp3) is 0. The van der Waals surface area contributed by atoms with E-state index in [1.54, 1.807) is 42.5 Å². The van der Waals surface area contributed by atoms with Crippen LogP contribution in [0.2, 0.25) is 0 Å². The summed E-state index contributed by atoms with van der Waals surface area (Å²) in [5, 5.41) is 0. The monoisotopic (exact) mass is 474 g/mol. The van der Waals surface area contributed by atoms with Crippen LogP contribution in [0.15, 0.2) is 102 Å². The van der Waals surface area contributed by atoms with E-state index in [1.165, 1.54) is 0 Å². The maximum atomic E-state index is 12.9. The fourth-order valence-electron chi connectivity index (χ4n) is 3.33. The van der Waals surface area contributed by atoms with Crippen molar-refractivity contribution in [2.24, 2.45) is 0 Å². The molecule has 5 rings (SSSR count). The zero-order valence-electron chi connectivity index (χ0n) is 16.5. The average molecular weight is 476 g/mol. The Labute approximate surface area is 193 Å². The Morgan fingerprint density at radius 3 is 1.87 bits per heavy atom. The Kier molecular flexibility index (Phi) is 5.81. The van der Waals surface area contributed by atoms with Crippen molar-refractivity contribution in [2.75, 3.05) is 0 Å². The molecule has 0 N–H and O–H groups in total. The number of hydrogen-bond acceptors (Lipinski definition) is 4. The van der Waals surface area contributed by atoms with Crippen molar-refractivity contribution >= 4 is 37.8 Å². The molecule has 7 heteroatoms. The summed E-state index contributed by atoms with van der Waals surface area (Å²) in [5.74, 6) is 0. The first-order valence-electron chi connectivity index (χ1n) is 9.39. The minimum absolute atomic E-state index is 0. The molecule has 0 aliphatic heterocycles. The van der Waals surface area contributed by atoms with Gasteiger partial charge in [-0.2, -0.15) is 0 Å². The summed E-state index contributed by atoms with van der Waals surface area (Å²) in [5.41, 5.74) is 4.74. The maximum Gasteiger partial charge on any atom is 0.123 e. The third kappa shape index (κ3) is 4.20. The quantitative estimate of drug-likeness (QED) is 0.242. The van der Waals surface area contributed by atoms with Crippen molar-refractivity contribution in [3.63, 3.8) is 0 Å². The summed E-state index contributed by atoms with van der Waals surface area (Å²) >= 11 is 0.